The van der Waals surface area contributed by atoms with Crippen molar-refractivity contribution in [3.8, 4) is 0 Å². The second-order valence-corrected chi connectivity index (χ2v) is 7.98. The highest BCUT2D eigenvalue weighted by atomic mass is 79.9. The Hall–Kier alpha value is -2.84. The maximum Gasteiger partial charge on any atom is 0.281 e. The lowest BCUT2D eigenvalue weighted by Crippen LogP contribution is -2.18. The summed E-state index contributed by atoms with van der Waals surface area (Å²) in [4.78, 5) is 28.8. The van der Waals surface area contributed by atoms with Crippen LogP contribution in [0.25, 0.3) is 0 Å². The van der Waals surface area contributed by atoms with Crippen LogP contribution in [0.5, 0.6) is 0 Å². The summed E-state index contributed by atoms with van der Waals surface area (Å²) in [5.41, 5.74) is 5.11. The van der Waals surface area contributed by atoms with Crippen molar-refractivity contribution in [1.29, 1.82) is 0 Å². The highest BCUT2D eigenvalue weighted by Gasteiger charge is 2.09. The van der Waals surface area contributed by atoms with E-state index >= 15 is 0 Å². The Morgan fingerprint density at radius 2 is 1.81 bits per heavy atom. The van der Waals surface area contributed by atoms with Gasteiger partial charge in [-0.3, -0.25) is 14.6 Å². The number of hydrazone groups is 1. The average molecular weight is 443 g/mol. The second-order valence-electron chi connectivity index (χ2n) is 5.51. The number of nitrogens with one attached hydrogen (secondary N) is 2. The molecule has 2 aromatic heterocycles. The summed E-state index contributed by atoms with van der Waals surface area (Å²) in [6.45, 7) is 1.79. The molecule has 0 radical (unpaired) electrons. The Morgan fingerprint density at radius 1 is 1.04 bits per heavy atom. The fraction of sp³-hybridized carbons (Fsp3) is 0.0526. The van der Waals surface area contributed by atoms with Gasteiger partial charge < -0.3 is 5.32 Å². The number of pyridine rings is 1. The normalized spacial score (nSPS) is 11.1. The number of halogens is 1. The summed E-state index contributed by atoms with van der Waals surface area (Å²) in [7, 11) is 0. The van der Waals surface area contributed by atoms with Gasteiger partial charge in [-0.25, -0.2) is 5.43 Å². The van der Waals surface area contributed by atoms with Gasteiger partial charge in [0.2, 0.25) is 0 Å². The van der Waals surface area contributed by atoms with Crippen molar-refractivity contribution in [2.75, 3.05) is 5.32 Å². The number of anilines is 1. The summed E-state index contributed by atoms with van der Waals surface area (Å²) >= 11 is 4.66. The Morgan fingerprint density at radius 3 is 2.52 bits per heavy atom. The standard InChI is InChI=1S/C19H15BrN4O2S/c1-12(23-24-19(26)16-5-6-17(20)27-16)14-3-2-4-15(11-14)22-18(25)13-7-9-21-10-8-13/h2-11H,1H3,(H,22,25)(H,24,26)/b23-12+. The van der Waals surface area contributed by atoms with Gasteiger partial charge in [0.05, 0.1) is 14.4 Å². The monoisotopic (exact) mass is 442 g/mol. The highest BCUT2D eigenvalue weighted by Crippen LogP contribution is 2.21. The number of aromatic nitrogens is 1. The third-order valence-corrected chi connectivity index (χ3v) is 5.23. The number of carbonyl (C=O) groups excluding carboxylic acids is 2. The van der Waals surface area contributed by atoms with Crippen LogP contribution in [0.15, 0.2) is 69.8 Å². The second kappa shape index (κ2) is 8.70. The molecule has 2 N–H and O–H groups in total. The molecule has 1 aromatic carbocycles. The lowest BCUT2D eigenvalue weighted by atomic mass is 10.1. The lowest BCUT2D eigenvalue weighted by molar-refractivity contribution is 0.0958. The van der Waals surface area contributed by atoms with E-state index < -0.39 is 0 Å². The fourth-order valence-corrected chi connectivity index (χ4v) is 3.50. The molecule has 3 rings (SSSR count). The van der Waals surface area contributed by atoms with E-state index in [0.717, 1.165) is 9.35 Å². The minimum atomic E-state index is -0.271. The topological polar surface area (TPSA) is 83.5 Å². The van der Waals surface area contributed by atoms with Gasteiger partial charge in [0.15, 0.2) is 0 Å². The van der Waals surface area contributed by atoms with Crippen molar-refractivity contribution in [3.05, 3.63) is 80.7 Å². The zero-order valence-electron chi connectivity index (χ0n) is 14.3. The lowest BCUT2D eigenvalue weighted by Gasteiger charge is -2.07. The van der Waals surface area contributed by atoms with Crippen LogP contribution in [0.1, 0.15) is 32.5 Å². The van der Waals surface area contributed by atoms with Gasteiger partial charge in [-0.05, 0) is 64.8 Å². The summed E-state index contributed by atoms with van der Waals surface area (Å²) in [6, 6.07) is 14.1. The maximum absolute atomic E-state index is 12.2. The molecule has 0 saturated carbocycles. The van der Waals surface area contributed by atoms with Crippen LogP contribution >= 0.6 is 27.3 Å². The van der Waals surface area contributed by atoms with E-state index in [4.69, 9.17) is 0 Å². The summed E-state index contributed by atoms with van der Waals surface area (Å²) in [5.74, 6) is -0.493. The molecular weight excluding hydrogens is 428 g/mol. The molecule has 0 bridgehead atoms. The molecule has 2 heterocycles. The first-order valence-corrected chi connectivity index (χ1v) is 9.55. The number of hydrogen-bond donors (Lipinski definition) is 2. The molecule has 0 aliphatic carbocycles. The first-order valence-electron chi connectivity index (χ1n) is 7.95. The van der Waals surface area contributed by atoms with Crippen LogP contribution in [-0.2, 0) is 0 Å². The molecule has 0 fully saturated rings. The number of thiophene rings is 1. The first kappa shape index (κ1) is 18.9. The summed E-state index contributed by atoms with van der Waals surface area (Å²) < 4.78 is 0.881. The van der Waals surface area contributed by atoms with Gasteiger partial charge in [0.25, 0.3) is 11.8 Å². The number of hydrogen-bond acceptors (Lipinski definition) is 5. The van der Waals surface area contributed by atoms with Gasteiger partial charge in [0.1, 0.15) is 0 Å². The van der Waals surface area contributed by atoms with E-state index in [-0.39, 0.29) is 11.8 Å². The quantitative estimate of drug-likeness (QED) is 0.455. The molecule has 136 valence electrons. The number of nitrogens with zero attached hydrogens (tertiary/aromatic N) is 2. The van der Waals surface area contributed by atoms with Gasteiger partial charge in [-0.15, -0.1) is 11.3 Å². The molecule has 0 unspecified atom stereocenters. The van der Waals surface area contributed by atoms with E-state index in [1.54, 1.807) is 49.6 Å². The van der Waals surface area contributed by atoms with Crippen molar-refractivity contribution in [1.82, 2.24) is 10.4 Å². The number of amides is 2. The maximum atomic E-state index is 12.2. The van der Waals surface area contributed by atoms with Crippen molar-refractivity contribution < 1.29 is 9.59 Å². The highest BCUT2D eigenvalue weighted by molar-refractivity contribution is 9.11. The molecule has 0 aliphatic rings. The predicted octanol–water partition coefficient (Wildman–Crippen LogP) is 4.31. The minimum absolute atomic E-state index is 0.222. The first-order chi connectivity index (χ1) is 13.0. The Labute approximate surface area is 168 Å². The molecule has 6 nitrogen and oxygen atoms in total. The fourth-order valence-electron chi connectivity index (χ4n) is 2.22. The molecule has 8 heteroatoms. The molecular formula is C19H15BrN4O2S. The van der Waals surface area contributed by atoms with E-state index in [1.807, 2.05) is 18.2 Å². The Balaban J connectivity index is 1.68. The zero-order chi connectivity index (χ0) is 19.2. The SMILES string of the molecule is C/C(=N\NC(=O)c1ccc(Br)s1)c1cccc(NC(=O)c2ccncc2)c1. The van der Waals surface area contributed by atoms with E-state index in [9.17, 15) is 9.59 Å². The van der Waals surface area contributed by atoms with Crippen LogP contribution in [0.3, 0.4) is 0 Å². The van der Waals surface area contributed by atoms with Crippen LogP contribution in [0, 0.1) is 0 Å². The number of rotatable bonds is 5. The molecule has 0 atom stereocenters. The molecule has 27 heavy (non-hydrogen) atoms. The van der Waals surface area contributed by atoms with E-state index in [0.29, 0.717) is 21.8 Å². The molecule has 0 saturated heterocycles. The number of benzene rings is 1. The van der Waals surface area contributed by atoms with Crippen molar-refractivity contribution in [2.45, 2.75) is 6.92 Å². The minimum Gasteiger partial charge on any atom is -0.322 e. The van der Waals surface area contributed by atoms with Gasteiger partial charge in [-0.2, -0.15) is 5.10 Å². The molecule has 0 spiro atoms. The van der Waals surface area contributed by atoms with Crippen LogP contribution in [0.2, 0.25) is 0 Å². The third kappa shape index (κ3) is 5.08. The summed E-state index contributed by atoms with van der Waals surface area (Å²) in [6.07, 6.45) is 3.13. The van der Waals surface area contributed by atoms with Crippen molar-refractivity contribution in [3.63, 3.8) is 0 Å². The van der Waals surface area contributed by atoms with Crippen LogP contribution in [0.4, 0.5) is 5.69 Å². The van der Waals surface area contributed by atoms with Crippen LogP contribution < -0.4 is 10.7 Å². The Bertz CT molecular complexity index is 1000. The van der Waals surface area contributed by atoms with E-state index in [2.05, 4.69) is 36.8 Å². The third-order valence-electron chi connectivity index (χ3n) is 3.60. The van der Waals surface area contributed by atoms with Crippen molar-refractivity contribution in [2.24, 2.45) is 5.10 Å². The zero-order valence-corrected chi connectivity index (χ0v) is 16.7. The molecule has 3 aromatic rings. The summed E-state index contributed by atoms with van der Waals surface area (Å²) in [5, 5.41) is 6.98. The van der Waals surface area contributed by atoms with E-state index in [1.165, 1.54) is 11.3 Å². The van der Waals surface area contributed by atoms with Gasteiger partial charge in [-0.1, -0.05) is 12.1 Å². The predicted molar refractivity (Wildman–Crippen MR) is 110 cm³/mol. The largest absolute Gasteiger partial charge is 0.322 e. The number of carbonyl (C=O) groups is 2. The van der Waals surface area contributed by atoms with Gasteiger partial charge >= 0.3 is 0 Å². The van der Waals surface area contributed by atoms with Crippen molar-refractivity contribution >= 4 is 50.5 Å². The average Bonchev–Trinajstić information content (AvgIpc) is 3.13. The molecule has 0 aliphatic heterocycles. The Kier molecular flexibility index (Phi) is 6.10. The van der Waals surface area contributed by atoms with Crippen LogP contribution in [-0.4, -0.2) is 22.5 Å². The smallest absolute Gasteiger partial charge is 0.281 e. The van der Waals surface area contributed by atoms with Gasteiger partial charge in [0, 0.05) is 23.6 Å². The molecule has 2 amide bonds.